The van der Waals surface area contributed by atoms with Crippen molar-refractivity contribution in [2.45, 2.75) is 30.9 Å². The summed E-state index contributed by atoms with van der Waals surface area (Å²) in [7, 11) is 0. The monoisotopic (exact) mass is 444 g/mol. The molecule has 0 atom stereocenters. The summed E-state index contributed by atoms with van der Waals surface area (Å²) in [6, 6.07) is 20.4. The first-order valence-corrected chi connectivity index (χ1v) is 11.4. The van der Waals surface area contributed by atoms with Gasteiger partial charge in [-0.3, -0.25) is 9.20 Å². The van der Waals surface area contributed by atoms with Crippen LogP contribution in [0.1, 0.15) is 23.7 Å². The Labute approximate surface area is 190 Å². The summed E-state index contributed by atoms with van der Waals surface area (Å²) >= 11 is 1.52. The van der Waals surface area contributed by atoms with Crippen molar-refractivity contribution in [3.05, 3.63) is 100 Å². The fraction of sp³-hybridized carbons (Fsp3) is 0.160. The van der Waals surface area contributed by atoms with Gasteiger partial charge in [-0.15, -0.1) is 11.8 Å². The van der Waals surface area contributed by atoms with E-state index in [4.69, 9.17) is 0 Å². The number of urea groups is 1. The first kappa shape index (κ1) is 21.6. The molecule has 2 amide bonds. The minimum absolute atomic E-state index is 0.103. The number of amides is 2. The molecule has 0 saturated heterocycles. The number of pyridine rings is 1. The summed E-state index contributed by atoms with van der Waals surface area (Å²) in [5, 5.41) is 5.77. The smallest absolute Gasteiger partial charge is 0.308 e. The maximum absolute atomic E-state index is 12.5. The number of aromatic nitrogens is 2. The van der Waals surface area contributed by atoms with Gasteiger partial charge in [0.2, 0.25) is 0 Å². The van der Waals surface area contributed by atoms with Crippen LogP contribution >= 0.6 is 11.8 Å². The van der Waals surface area contributed by atoms with Crippen LogP contribution in [0, 0.1) is 6.92 Å². The molecule has 2 N–H and O–H groups in total. The van der Waals surface area contributed by atoms with E-state index >= 15 is 0 Å². The molecule has 2 aromatic carbocycles. The van der Waals surface area contributed by atoms with Gasteiger partial charge < -0.3 is 10.6 Å². The van der Waals surface area contributed by atoms with Crippen molar-refractivity contribution in [3.63, 3.8) is 0 Å². The van der Waals surface area contributed by atoms with Crippen LogP contribution < -0.4 is 16.2 Å². The van der Waals surface area contributed by atoms with E-state index in [1.165, 1.54) is 17.3 Å². The minimum atomic E-state index is -0.306. The van der Waals surface area contributed by atoms with E-state index in [2.05, 4.69) is 22.5 Å². The van der Waals surface area contributed by atoms with Gasteiger partial charge in [-0.05, 0) is 54.8 Å². The number of carbonyl (C=O) groups is 1. The Balaban J connectivity index is 1.45. The van der Waals surface area contributed by atoms with Crippen LogP contribution in [0.15, 0.2) is 82.6 Å². The van der Waals surface area contributed by atoms with Crippen molar-refractivity contribution in [1.29, 1.82) is 0 Å². The largest absolute Gasteiger partial charge is 0.323 e. The lowest BCUT2D eigenvalue weighted by Crippen LogP contribution is -2.19. The van der Waals surface area contributed by atoms with Gasteiger partial charge in [0.1, 0.15) is 5.65 Å². The highest BCUT2D eigenvalue weighted by Gasteiger charge is 2.09. The van der Waals surface area contributed by atoms with E-state index in [0.717, 1.165) is 22.6 Å². The number of hydrogen-bond donors (Lipinski definition) is 2. The zero-order valence-electron chi connectivity index (χ0n) is 18.0. The van der Waals surface area contributed by atoms with Gasteiger partial charge in [0.05, 0.1) is 11.4 Å². The molecule has 0 unspecified atom stereocenters. The number of aryl methyl sites for hydroxylation is 2. The van der Waals surface area contributed by atoms with E-state index in [-0.39, 0.29) is 11.6 Å². The molecule has 0 spiro atoms. The third-order valence-corrected chi connectivity index (χ3v) is 6.10. The predicted octanol–water partition coefficient (Wildman–Crippen LogP) is 5.50. The number of rotatable bonds is 6. The average Bonchev–Trinajstić information content (AvgIpc) is 2.79. The lowest BCUT2D eigenvalue weighted by atomic mass is 10.1. The van der Waals surface area contributed by atoms with Crippen LogP contribution in [0.3, 0.4) is 0 Å². The van der Waals surface area contributed by atoms with Gasteiger partial charge in [-0.2, -0.15) is 0 Å². The van der Waals surface area contributed by atoms with Crippen molar-refractivity contribution in [3.8, 4) is 0 Å². The third kappa shape index (κ3) is 5.18. The first-order valence-electron chi connectivity index (χ1n) is 10.4. The molecule has 4 aromatic rings. The molecule has 6 nitrogen and oxygen atoms in total. The van der Waals surface area contributed by atoms with Crippen LogP contribution in [0.2, 0.25) is 0 Å². The number of nitrogens with one attached hydrogen (secondary N) is 2. The highest BCUT2D eigenvalue weighted by atomic mass is 32.2. The van der Waals surface area contributed by atoms with Gasteiger partial charge in [0, 0.05) is 28.6 Å². The first-order chi connectivity index (χ1) is 15.5. The normalized spacial score (nSPS) is 10.8. The third-order valence-electron chi connectivity index (χ3n) is 4.99. The Kier molecular flexibility index (Phi) is 6.56. The second-order valence-electron chi connectivity index (χ2n) is 7.43. The van der Waals surface area contributed by atoms with Gasteiger partial charge in [-0.1, -0.05) is 37.3 Å². The summed E-state index contributed by atoms with van der Waals surface area (Å²) in [4.78, 5) is 30.4. The zero-order chi connectivity index (χ0) is 22.5. The van der Waals surface area contributed by atoms with Crippen molar-refractivity contribution in [2.75, 3.05) is 10.6 Å². The molecule has 4 rings (SSSR count). The van der Waals surface area contributed by atoms with Gasteiger partial charge in [0.25, 0.3) is 5.56 Å². The number of nitrogens with zero attached hydrogens (tertiary/aromatic N) is 2. The van der Waals surface area contributed by atoms with Crippen molar-refractivity contribution >= 4 is 34.8 Å². The van der Waals surface area contributed by atoms with Crippen LogP contribution in [0.4, 0.5) is 16.2 Å². The Morgan fingerprint density at radius 2 is 1.81 bits per heavy atom. The highest BCUT2D eigenvalue weighted by Crippen LogP contribution is 2.29. The van der Waals surface area contributed by atoms with Crippen molar-refractivity contribution < 1.29 is 4.79 Å². The van der Waals surface area contributed by atoms with Gasteiger partial charge in [-0.25, -0.2) is 9.78 Å². The number of thioether (sulfide) groups is 1. The standard InChI is InChI=1S/C25H24N4O2S/c1-3-18-9-11-19(12-10-18)27-25(31)28-21-6-4-5-7-22(21)32-16-20-14-24(30)29-15-17(2)8-13-23(29)26-20/h4-15H,3,16H2,1-2H3,(H2,27,28,31). The SMILES string of the molecule is CCc1ccc(NC(=O)Nc2ccccc2SCc2cc(=O)n3cc(C)ccc3n2)cc1. The summed E-state index contributed by atoms with van der Waals surface area (Å²) in [5.41, 5.74) is 4.87. The molecule has 162 valence electrons. The van der Waals surface area contributed by atoms with E-state index in [1.807, 2.05) is 67.6 Å². The summed E-state index contributed by atoms with van der Waals surface area (Å²) in [5.74, 6) is 0.512. The molecule has 0 aliphatic heterocycles. The van der Waals surface area contributed by atoms with E-state index in [9.17, 15) is 9.59 Å². The zero-order valence-corrected chi connectivity index (χ0v) is 18.8. The van der Waals surface area contributed by atoms with Crippen LogP contribution in [-0.4, -0.2) is 15.4 Å². The maximum atomic E-state index is 12.5. The Hall–Kier alpha value is -3.58. The summed E-state index contributed by atoms with van der Waals surface area (Å²) in [6.07, 6.45) is 2.74. The van der Waals surface area contributed by atoms with Gasteiger partial charge >= 0.3 is 6.03 Å². The second kappa shape index (κ2) is 9.70. The lowest BCUT2D eigenvalue weighted by Gasteiger charge is -2.12. The number of fused-ring (bicyclic) bond motifs is 1. The lowest BCUT2D eigenvalue weighted by molar-refractivity contribution is 0.262. The highest BCUT2D eigenvalue weighted by molar-refractivity contribution is 7.98. The molecule has 0 aliphatic carbocycles. The molecule has 0 bridgehead atoms. The topological polar surface area (TPSA) is 75.5 Å². The van der Waals surface area contributed by atoms with Crippen LogP contribution in [0.25, 0.3) is 5.65 Å². The fourth-order valence-corrected chi connectivity index (χ4v) is 4.19. The second-order valence-corrected chi connectivity index (χ2v) is 8.45. The number of para-hydroxylation sites is 1. The summed E-state index contributed by atoms with van der Waals surface area (Å²) in [6.45, 7) is 4.03. The maximum Gasteiger partial charge on any atom is 0.323 e. The van der Waals surface area contributed by atoms with E-state index < -0.39 is 0 Å². The minimum Gasteiger partial charge on any atom is -0.308 e. The summed E-state index contributed by atoms with van der Waals surface area (Å²) < 4.78 is 1.55. The number of anilines is 2. The molecular weight excluding hydrogens is 420 g/mol. The average molecular weight is 445 g/mol. The Bertz CT molecular complexity index is 1320. The molecule has 32 heavy (non-hydrogen) atoms. The quantitative estimate of drug-likeness (QED) is 0.385. The Morgan fingerprint density at radius 1 is 1.03 bits per heavy atom. The van der Waals surface area contributed by atoms with E-state index in [0.29, 0.717) is 22.8 Å². The van der Waals surface area contributed by atoms with Crippen LogP contribution in [-0.2, 0) is 12.2 Å². The van der Waals surface area contributed by atoms with Crippen molar-refractivity contribution in [1.82, 2.24) is 9.38 Å². The number of carbonyl (C=O) groups excluding carboxylic acids is 1. The van der Waals surface area contributed by atoms with E-state index in [1.54, 1.807) is 16.7 Å². The Morgan fingerprint density at radius 3 is 2.59 bits per heavy atom. The van der Waals surface area contributed by atoms with Gasteiger partial charge in [0.15, 0.2) is 0 Å². The molecule has 2 heterocycles. The molecular formula is C25H24N4O2S. The molecule has 2 aromatic heterocycles. The molecule has 7 heteroatoms. The fourth-order valence-electron chi connectivity index (χ4n) is 3.29. The molecule has 0 radical (unpaired) electrons. The van der Waals surface area contributed by atoms with Crippen molar-refractivity contribution in [2.24, 2.45) is 0 Å². The molecule has 0 fully saturated rings. The molecule has 0 saturated carbocycles. The van der Waals surface area contributed by atoms with Crippen LogP contribution in [0.5, 0.6) is 0 Å². The number of hydrogen-bond acceptors (Lipinski definition) is 4. The number of benzene rings is 2. The predicted molar refractivity (Wildman–Crippen MR) is 131 cm³/mol. The molecule has 0 aliphatic rings.